The van der Waals surface area contributed by atoms with Crippen molar-refractivity contribution in [2.24, 2.45) is 5.92 Å². The highest BCUT2D eigenvalue weighted by Crippen LogP contribution is 2.34. The first-order valence-electron chi connectivity index (χ1n) is 7.43. The zero-order valence-corrected chi connectivity index (χ0v) is 13.4. The van der Waals surface area contributed by atoms with Gasteiger partial charge in [-0.1, -0.05) is 31.0 Å². The quantitative estimate of drug-likeness (QED) is 0.929. The average molecular weight is 306 g/mol. The molecular weight excluding hydrogens is 284 g/mol. The fourth-order valence-electron chi connectivity index (χ4n) is 2.85. The Morgan fingerprint density at radius 2 is 1.86 bits per heavy atom. The number of hydrogen-bond donors (Lipinski definition) is 1. The van der Waals surface area contributed by atoms with Gasteiger partial charge < -0.3 is 0 Å². The maximum absolute atomic E-state index is 12.5. The van der Waals surface area contributed by atoms with E-state index in [-0.39, 0.29) is 4.90 Å². The second-order valence-electron chi connectivity index (χ2n) is 5.96. The van der Waals surface area contributed by atoms with Crippen molar-refractivity contribution in [3.63, 3.8) is 0 Å². The van der Waals surface area contributed by atoms with Gasteiger partial charge in [-0.15, -0.1) is 0 Å². The normalized spacial score (nSPS) is 26.2. The highest BCUT2D eigenvalue weighted by Gasteiger charge is 2.38. The molecule has 1 aromatic carbocycles. The summed E-state index contributed by atoms with van der Waals surface area (Å²) in [5.41, 5.74) is 0.0578. The van der Waals surface area contributed by atoms with Crippen molar-refractivity contribution in [2.45, 2.75) is 56.4 Å². The van der Waals surface area contributed by atoms with Crippen molar-refractivity contribution >= 4 is 10.0 Å². The number of sulfonamides is 1. The molecule has 0 saturated heterocycles. The van der Waals surface area contributed by atoms with E-state index in [0.29, 0.717) is 18.8 Å². The highest BCUT2D eigenvalue weighted by atomic mass is 32.2. The highest BCUT2D eigenvalue weighted by molar-refractivity contribution is 7.89. The van der Waals surface area contributed by atoms with Crippen molar-refractivity contribution in [2.75, 3.05) is 0 Å². The predicted molar refractivity (Wildman–Crippen MR) is 82.1 cm³/mol. The Bertz CT molecular complexity index is 621. The maximum Gasteiger partial charge on any atom is 0.241 e. The minimum Gasteiger partial charge on any atom is -0.207 e. The van der Waals surface area contributed by atoms with Crippen LogP contribution in [0.1, 0.15) is 44.6 Å². The van der Waals surface area contributed by atoms with Gasteiger partial charge >= 0.3 is 0 Å². The smallest absolute Gasteiger partial charge is 0.207 e. The summed E-state index contributed by atoms with van der Waals surface area (Å²) in [6.45, 7) is 4.05. The second-order valence-corrected chi connectivity index (χ2v) is 7.65. The van der Waals surface area contributed by atoms with Gasteiger partial charge in [-0.2, -0.15) is 9.98 Å². The summed E-state index contributed by atoms with van der Waals surface area (Å²) in [6, 6.07) is 8.91. The van der Waals surface area contributed by atoms with Crippen molar-refractivity contribution in [3.05, 3.63) is 29.8 Å². The van der Waals surface area contributed by atoms with Crippen molar-refractivity contribution in [3.8, 4) is 6.07 Å². The molecule has 1 fully saturated rings. The van der Waals surface area contributed by atoms with Crippen LogP contribution in [0, 0.1) is 24.2 Å². The zero-order chi connectivity index (χ0) is 15.5. The molecule has 0 atom stereocenters. The minimum atomic E-state index is -3.64. The fourth-order valence-corrected chi connectivity index (χ4v) is 4.23. The second kappa shape index (κ2) is 6.17. The van der Waals surface area contributed by atoms with Gasteiger partial charge in [0.25, 0.3) is 0 Å². The van der Waals surface area contributed by atoms with Gasteiger partial charge in [0, 0.05) is 0 Å². The summed E-state index contributed by atoms with van der Waals surface area (Å²) in [5.74, 6) is 0.607. The molecule has 1 saturated carbocycles. The molecule has 0 heterocycles. The van der Waals surface area contributed by atoms with Crippen molar-refractivity contribution in [1.29, 1.82) is 5.26 Å². The van der Waals surface area contributed by atoms with E-state index in [4.69, 9.17) is 0 Å². The van der Waals surface area contributed by atoms with E-state index in [9.17, 15) is 13.7 Å². The molecule has 0 aliphatic heterocycles. The number of nitrogens with one attached hydrogen (secondary N) is 1. The van der Waals surface area contributed by atoms with Crippen LogP contribution in [0.4, 0.5) is 0 Å². The molecule has 5 heteroatoms. The lowest BCUT2D eigenvalue weighted by Crippen LogP contribution is -2.49. The van der Waals surface area contributed by atoms with E-state index >= 15 is 0 Å². The first-order chi connectivity index (χ1) is 9.91. The topological polar surface area (TPSA) is 70.0 Å². The maximum atomic E-state index is 12.5. The van der Waals surface area contributed by atoms with Gasteiger partial charge in [0.05, 0.1) is 11.0 Å². The molecule has 0 aromatic heterocycles. The van der Waals surface area contributed by atoms with Crippen molar-refractivity contribution in [1.82, 2.24) is 4.72 Å². The van der Waals surface area contributed by atoms with Gasteiger partial charge in [-0.25, -0.2) is 8.42 Å². The largest absolute Gasteiger partial charge is 0.241 e. The first kappa shape index (κ1) is 16.0. The van der Waals surface area contributed by atoms with Gasteiger partial charge in [0.2, 0.25) is 10.0 Å². The summed E-state index contributed by atoms with van der Waals surface area (Å²) in [5, 5.41) is 9.48. The molecule has 0 unspecified atom stereocenters. The van der Waals surface area contributed by atoms with E-state index < -0.39 is 15.6 Å². The monoisotopic (exact) mass is 306 g/mol. The molecule has 0 amide bonds. The molecule has 0 bridgehead atoms. The number of aryl methyl sites for hydroxylation is 1. The summed E-state index contributed by atoms with van der Waals surface area (Å²) in [6.07, 6.45) is 4.08. The molecular formula is C16H22N2O2S. The Balaban J connectivity index is 2.18. The molecule has 4 nitrogen and oxygen atoms in total. The van der Waals surface area contributed by atoms with Crippen molar-refractivity contribution < 1.29 is 8.42 Å². The third kappa shape index (κ3) is 3.63. The van der Waals surface area contributed by atoms with Crippen LogP contribution in [0.5, 0.6) is 0 Å². The van der Waals surface area contributed by atoms with Crippen LogP contribution in [-0.4, -0.2) is 14.0 Å². The molecule has 1 N–H and O–H groups in total. The molecule has 114 valence electrons. The van der Waals surface area contributed by atoms with Crippen LogP contribution < -0.4 is 4.72 Å². The summed E-state index contributed by atoms with van der Waals surface area (Å²) >= 11 is 0. The van der Waals surface area contributed by atoms with Gasteiger partial charge in [-0.3, -0.25) is 0 Å². The number of hydrogen-bond acceptors (Lipinski definition) is 3. The Hall–Kier alpha value is -1.38. The van der Waals surface area contributed by atoms with E-state index in [0.717, 1.165) is 24.8 Å². The Morgan fingerprint density at radius 3 is 2.33 bits per heavy atom. The number of benzene rings is 1. The van der Waals surface area contributed by atoms with Crippen LogP contribution in [0.2, 0.25) is 0 Å². The van der Waals surface area contributed by atoms with Crippen LogP contribution in [0.15, 0.2) is 29.2 Å². The number of rotatable bonds is 4. The van der Waals surface area contributed by atoms with E-state index in [1.807, 2.05) is 6.92 Å². The molecule has 21 heavy (non-hydrogen) atoms. The SMILES string of the molecule is CCC1CCC(C#N)(NS(=O)(=O)c2ccc(C)cc2)CC1. The Labute approximate surface area is 127 Å². The van der Waals surface area contributed by atoms with Crippen LogP contribution in [0.25, 0.3) is 0 Å². The lowest BCUT2D eigenvalue weighted by molar-refractivity contribution is 0.259. The molecule has 1 aliphatic carbocycles. The zero-order valence-electron chi connectivity index (χ0n) is 12.6. The van der Waals surface area contributed by atoms with Gasteiger partial charge in [0.15, 0.2) is 0 Å². The average Bonchev–Trinajstić information content (AvgIpc) is 2.48. The van der Waals surface area contributed by atoms with E-state index in [1.165, 1.54) is 0 Å². The molecule has 2 rings (SSSR count). The lowest BCUT2D eigenvalue weighted by atomic mass is 9.77. The third-order valence-electron chi connectivity index (χ3n) is 4.41. The Morgan fingerprint density at radius 1 is 1.29 bits per heavy atom. The summed E-state index contributed by atoms with van der Waals surface area (Å²) in [7, 11) is -3.64. The van der Waals surface area contributed by atoms with Crippen LogP contribution >= 0.6 is 0 Å². The van der Waals surface area contributed by atoms with Crippen LogP contribution in [-0.2, 0) is 10.0 Å². The Kier molecular flexibility index (Phi) is 4.70. The molecule has 0 radical (unpaired) electrons. The summed E-state index contributed by atoms with van der Waals surface area (Å²) in [4.78, 5) is 0.223. The predicted octanol–water partition coefficient (Wildman–Crippen LogP) is 3.14. The number of nitriles is 1. The summed E-state index contributed by atoms with van der Waals surface area (Å²) < 4.78 is 27.6. The molecule has 1 aromatic rings. The fraction of sp³-hybridized carbons (Fsp3) is 0.562. The lowest BCUT2D eigenvalue weighted by Gasteiger charge is -2.34. The molecule has 0 spiro atoms. The van der Waals surface area contributed by atoms with E-state index in [1.54, 1.807) is 24.3 Å². The third-order valence-corrected chi connectivity index (χ3v) is 5.96. The van der Waals surface area contributed by atoms with E-state index in [2.05, 4.69) is 17.7 Å². The van der Waals surface area contributed by atoms with Gasteiger partial charge in [-0.05, 0) is 50.7 Å². The molecule has 1 aliphatic rings. The van der Waals surface area contributed by atoms with Crippen LogP contribution in [0.3, 0.4) is 0 Å². The minimum absolute atomic E-state index is 0.223. The first-order valence-corrected chi connectivity index (χ1v) is 8.91. The number of nitrogens with zero attached hydrogens (tertiary/aromatic N) is 1. The van der Waals surface area contributed by atoms with Gasteiger partial charge in [0.1, 0.15) is 5.54 Å². The standard InChI is InChI=1S/C16H22N2O2S/c1-3-14-8-10-16(12-17,11-9-14)18-21(19,20)15-6-4-13(2)5-7-15/h4-7,14,18H,3,8-11H2,1-2H3.